The molecule has 0 aliphatic rings. The molecule has 0 aliphatic carbocycles. The van der Waals surface area contributed by atoms with Crippen molar-refractivity contribution in [3.8, 4) is 0 Å². The summed E-state index contributed by atoms with van der Waals surface area (Å²) in [6, 6.07) is 0. The maximum atomic E-state index is 10.8. The van der Waals surface area contributed by atoms with Crippen molar-refractivity contribution in [2.45, 2.75) is 129 Å². The number of hydrogen-bond acceptors (Lipinski definition) is 2. The first kappa shape index (κ1) is 28.4. The highest BCUT2D eigenvalue weighted by atomic mass is 16.4. The Morgan fingerprint density at radius 2 is 1.03 bits per heavy atom. The SMILES string of the molecule is CCCCCCCCCCCCCCCCCCCC(O)C[N+](C)(C)CC(=O)O. The summed E-state index contributed by atoms with van der Waals surface area (Å²) >= 11 is 0. The monoisotopic (exact) mass is 414 g/mol. The molecule has 1 atom stereocenters. The van der Waals surface area contributed by atoms with E-state index in [4.69, 9.17) is 5.11 Å². The highest BCUT2D eigenvalue weighted by Crippen LogP contribution is 2.15. The van der Waals surface area contributed by atoms with Crippen LogP contribution < -0.4 is 0 Å². The molecule has 174 valence electrons. The van der Waals surface area contributed by atoms with Crippen LogP contribution in [-0.4, -0.2) is 54.0 Å². The summed E-state index contributed by atoms with van der Waals surface area (Å²) in [6.45, 7) is 2.86. The minimum Gasteiger partial charge on any atom is -0.477 e. The average Bonchev–Trinajstić information content (AvgIpc) is 2.62. The number of quaternary nitrogens is 1. The third-order valence-corrected chi connectivity index (χ3v) is 5.91. The molecule has 0 aromatic heterocycles. The van der Waals surface area contributed by atoms with Crippen LogP contribution in [0.3, 0.4) is 0 Å². The second kappa shape index (κ2) is 19.4. The second-order valence-corrected chi connectivity index (χ2v) is 9.77. The number of aliphatic hydroxyl groups excluding tert-OH is 1. The molecule has 0 bridgehead atoms. The van der Waals surface area contributed by atoms with Crippen LogP contribution in [0.1, 0.15) is 122 Å². The Morgan fingerprint density at radius 1 is 0.690 bits per heavy atom. The van der Waals surface area contributed by atoms with E-state index in [0.717, 1.165) is 12.8 Å². The van der Waals surface area contributed by atoms with E-state index in [0.29, 0.717) is 11.0 Å². The zero-order chi connectivity index (χ0) is 21.8. The lowest BCUT2D eigenvalue weighted by Gasteiger charge is -2.30. The molecule has 0 saturated carbocycles. The molecule has 0 rings (SSSR count). The molecule has 0 radical (unpaired) electrons. The van der Waals surface area contributed by atoms with E-state index >= 15 is 0 Å². The minimum atomic E-state index is -0.806. The Balaban J connectivity index is 3.28. The van der Waals surface area contributed by atoms with Gasteiger partial charge in [-0.25, -0.2) is 4.79 Å². The molecular formula is C25H52NO3+. The summed E-state index contributed by atoms with van der Waals surface area (Å²) in [7, 11) is 3.73. The third kappa shape index (κ3) is 21.9. The van der Waals surface area contributed by atoms with E-state index in [-0.39, 0.29) is 12.6 Å². The standard InChI is InChI=1S/C25H51NO3/c1-4-5-6-7-8-9-10-11-12-13-14-15-16-17-18-19-20-21-24(27)22-26(2,3)23-25(28)29/h24,27H,4-23H2,1-3H3/p+1. The number of carboxylic acid groups (broad SMARTS) is 1. The quantitative estimate of drug-likeness (QED) is 0.156. The van der Waals surface area contributed by atoms with Gasteiger partial charge in [-0.1, -0.05) is 116 Å². The summed E-state index contributed by atoms with van der Waals surface area (Å²) in [5.41, 5.74) is 0. The molecule has 0 amide bonds. The fourth-order valence-corrected chi connectivity index (χ4v) is 4.20. The van der Waals surface area contributed by atoms with Crippen molar-refractivity contribution in [2.75, 3.05) is 27.2 Å². The number of carbonyl (C=O) groups is 1. The first-order chi connectivity index (χ1) is 13.9. The number of carboxylic acids is 1. The highest BCUT2D eigenvalue weighted by Gasteiger charge is 2.23. The Labute approximate surface area is 181 Å². The van der Waals surface area contributed by atoms with E-state index < -0.39 is 5.97 Å². The van der Waals surface area contributed by atoms with Gasteiger partial charge in [-0.05, 0) is 6.42 Å². The number of hydrogen-bond donors (Lipinski definition) is 2. The molecule has 0 fully saturated rings. The molecule has 0 aromatic rings. The molecule has 0 spiro atoms. The van der Waals surface area contributed by atoms with E-state index in [2.05, 4.69) is 6.92 Å². The Kier molecular flexibility index (Phi) is 19.0. The lowest BCUT2D eigenvalue weighted by Crippen LogP contribution is -2.48. The zero-order valence-electron chi connectivity index (χ0n) is 20.0. The van der Waals surface area contributed by atoms with Gasteiger partial charge in [0.15, 0.2) is 6.54 Å². The summed E-state index contributed by atoms with van der Waals surface area (Å²) in [5.74, 6) is -0.806. The van der Waals surface area contributed by atoms with E-state index in [1.54, 1.807) is 0 Å². The van der Waals surface area contributed by atoms with Crippen molar-refractivity contribution in [1.82, 2.24) is 0 Å². The predicted octanol–water partition coefficient (Wildman–Crippen LogP) is 6.55. The van der Waals surface area contributed by atoms with Gasteiger partial charge in [-0.2, -0.15) is 0 Å². The predicted molar refractivity (Wildman–Crippen MR) is 124 cm³/mol. The van der Waals surface area contributed by atoms with Crippen LogP contribution in [0.15, 0.2) is 0 Å². The van der Waals surface area contributed by atoms with Gasteiger partial charge in [0.2, 0.25) is 0 Å². The van der Waals surface area contributed by atoms with Crippen LogP contribution in [0.2, 0.25) is 0 Å². The highest BCUT2D eigenvalue weighted by molar-refractivity contribution is 5.67. The molecule has 4 heteroatoms. The normalized spacial score (nSPS) is 13.0. The third-order valence-electron chi connectivity index (χ3n) is 5.91. The summed E-state index contributed by atoms with van der Waals surface area (Å²) < 4.78 is 0.343. The van der Waals surface area contributed by atoms with Crippen LogP contribution in [0, 0.1) is 0 Å². The van der Waals surface area contributed by atoms with Gasteiger partial charge in [-0.3, -0.25) is 0 Å². The molecule has 0 saturated heterocycles. The van der Waals surface area contributed by atoms with Gasteiger partial charge >= 0.3 is 5.97 Å². The van der Waals surface area contributed by atoms with Gasteiger partial charge in [0.25, 0.3) is 0 Å². The molecule has 0 heterocycles. The molecule has 0 aromatic carbocycles. The van der Waals surface area contributed by atoms with Gasteiger partial charge in [0.05, 0.1) is 14.1 Å². The number of rotatable bonds is 22. The number of nitrogens with zero attached hydrogens (tertiary/aromatic N) is 1. The topological polar surface area (TPSA) is 57.5 Å². The lowest BCUT2D eigenvalue weighted by atomic mass is 10.0. The lowest BCUT2D eigenvalue weighted by molar-refractivity contribution is -0.886. The van der Waals surface area contributed by atoms with Gasteiger partial charge in [-0.15, -0.1) is 0 Å². The summed E-state index contributed by atoms with van der Waals surface area (Å²) in [6.07, 6.45) is 23.5. The largest absolute Gasteiger partial charge is 0.477 e. The maximum absolute atomic E-state index is 10.8. The van der Waals surface area contributed by atoms with Crippen LogP contribution in [0.4, 0.5) is 0 Å². The Bertz CT molecular complexity index is 371. The number of aliphatic hydroxyl groups is 1. The van der Waals surface area contributed by atoms with Crippen molar-refractivity contribution >= 4 is 5.97 Å². The smallest absolute Gasteiger partial charge is 0.359 e. The Hall–Kier alpha value is -0.610. The molecule has 1 unspecified atom stereocenters. The average molecular weight is 415 g/mol. The van der Waals surface area contributed by atoms with Gasteiger partial charge in [0, 0.05) is 0 Å². The van der Waals surface area contributed by atoms with E-state index in [9.17, 15) is 9.90 Å². The maximum Gasteiger partial charge on any atom is 0.359 e. The molecular weight excluding hydrogens is 362 g/mol. The van der Waals surface area contributed by atoms with Crippen LogP contribution in [0.5, 0.6) is 0 Å². The van der Waals surface area contributed by atoms with Crippen LogP contribution in [0.25, 0.3) is 0 Å². The fraction of sp³-hybridized carbons (Fsp3) is 0.960. The van der Waals surface area contributed by atoms with Crippen LogP contribution in [-0.2, 0) is 4.79 Å². The number of unbranched alkanes of at least 4 members (excludes halogenated alkanes) is 16. The molecule has 4 nitrogen and oxygen atoms in total. The first-order valence-corrected chi connectivity index (χ1v) is 12.6. The fourth-order valence-electron chi connectivity index (χ4n) is 4.20. The van der Waals surface area contributed by atoms with Crippen molar-refractivity contribution in [2.24, 2.45) is 0 Å². The number of likely N-dealkylation sites (N-methyl/N-ethyl adjacent to an activating group) is 1. The minimum absolute atomic E-state index is 0.0656. The van der Waals surface area contributed by atoms with Gasteiger partial charge < -0.3 is 14.7 Å². The molecule has 29 heavy (non-hydrogen) atoms. The van der Waals surface area contributed by atoms with Gasteiger partial charge in [0.1, 0.15) is 12.6 Å². The van der Waals surface area contributed by atoms with E-state index in [1.165, 1.54) is 103 Å². The van der Waals surface area contributed by atoms with E-state index in [1.807, 2.05) is 14.1 Å². The molecule has 0 aliphatic heterocycles. The van der Waals surface area contributed by atoms with Crippen molar-refractivity contribution < 1.29 is 19.5 Å². The van der Waals surface area contributed by atoms with Crippen molar-refractivity contribution in [3.05, 3.63) is 0 Å². The Morgan fingerprint density at radius 3 is 1.38 bits per heavy atom. The van der Waals surface area contributed by atoms with Crippen molar-refractivity contribution in [1.29, 1.82) is 0 Å². The first-order valence-electron chi connectivity index (χ1n) is 12.6. The molecule has 2 N–H and O–H groups in total. The summed E-state index contributed by atoms with van der Waals surface area (Å²) in [5, 5.41) is 19.0. The van der Waals surface area contributed by atoms with Crippen LogP contribution >= 0.6 is 0 Å². The number of aliphatic carboxylic acids is 1. The zero-order valence-corrected chi connectivity index (χ0v) is 20.0. The summed E-state index contributed by atoms with van der Waals surface area (Å²) in [4.78, 5) is 10.8. The second-order valence-electron chi connectivity index (χ2n) is 9.77. The van der Waals surface area contributed by atoms with Crippen molar-refractivity contribution in [3.63, 3.8) is 0 Å².